The summed E-state index contributed by atoms with van der Waals surface area (Å²) in [5.74, 6) is 0.987. The van der Waals surface area contributed by atoms with Crippen LogP contribution in [0.2, 0.25) is 54.4 Å². The minimum absolute atomic E-state index is 0.0212. The van der Waals surface area contributed by atoms with Crippen LogP contribution < -0.4 is 0 Å². The Morgan fingerprint density at radius 1 is 0.782 bits per heavy atom. The summed E-state index contributed by atoms with van der Waals surface area (Å²) in [6, 6.07) is 3.56. The summed E-state index contributed by atoms with van der Waals surface area (Å²) in [6.45, 7) is 45.4. The first-order valence-corrected chi connectivity index (χ1v) is 31.0. The maximum absolute atomic E-state index is 7.61. The van der Waals surface area contributed by atoms with Crippen molar-refractivity contribution in [3.63, 3.8) is 0 Å². The Morgan fingerprint density at radius 2 is 1.35 bits per heavy atom. The molecule has 4 nitrogen and oxygen atoms in total. The van der Waals surface area contributed by atoms with Crippen LogP contribution in [0.4, 0.5) is 0 Å². The van der Waals surface area contributed by atoms with Gasteiger partial charge >= 0.3 is 0 Å². The average Bonchev–Trinajstić information content (AvgIpc) is 3.46. The predicted octanol–water partition coefficient (Wildman–Crippen LogP) is 15.1. The first-order chi connectivity index (χ1) is 25.2. The number of rotatable bonds is 16. The topological polar surface area (TPSA) is 36.9 Å². The maximum Gasteiger partial charge on any atom is 0.192 e. The van der Waals surface area contributed by atoms with E-state index in [9.17, 15) is 0 Å². The second-order valence-electron chi connectivity index (χ2n) is 22.3. The van der Waals surface area contributed by atoms with Gasteiger partial charge in [-0.15, -0.1) is 0 Å². The maximum atomic E-state index is 7.61. The molecule has 316 valence electrons. The Labute approximate surface area is 344 Å². The lowest BCUT2D eigenvalue weighted by Crippen LogP contribution is -2.58. The molecule has 4 aliphatic rings. The lowest BCUT2D eigenvalue weighted by atomic mass is 9.49. The smallest absolute Gasteiger partial charge is 0.192 e. The van der Waals surface area contributed by atoms with Gasteiger partial charge in [0.2, 0.25) is 0 Å². The van der Waals surface area contributed by atoms with Crippen LogP contribution in [-0.2, 0) is 18.0 Å². The normalized spacial score (nSPS) is 29.7. The molecule has 0 aliphatic heterocycles. The van der Waals surface area contributed by atoms with Gasteiger partial charge in [0.1, 0.15) is 5.60 Å². The van der Waals surface area contributed by atoms with Crippen LogP contribution >= 0.6 is 0 Å². The zero-order valence-electron chi connectivity index (χ0n) is 39.6. The number of fused-ring (bicyclic) bond motifs is 5. The zero-order chi connectivity index (χ0) is 41.7. The van der Waals surface area contributed by atoms with Crippen molar-refractivity contribution in [3.8, 4) is 0 Å². The van der Waals surface area contributed by atoms with Crippen LogP contribution in [0, 0.1) is 22.7 Å². The second kappa shape index (κ2) is 16.4. The summed E-state index contributed by atoms with van der Waals surface area (Å²) in [6.07, 6.45) is 20.8. The van der Waals surface area contributed by atoms with E-state index in [1.807, 2.05) is 6.26 Å². The van der Waals surface area contributed by atoms with Crippen LogP contribution in [0.3, 0.4) is 0 Å². The van der Waals surface area contributed by atoms with Crippen molar-refractivity contribution in [2.75, 3.05) is 0 Å². The highest BCUT2D eigenvalue weighted by Crippen LogP contribution is 2.66. The Bertz CT molecular complexity index is 1460. The van der Waals surface area contributed by atoms with Crippen LogP contribution in [0.15, 0.2) is 47.3 Å². The molecule has 2 fully saturated rings. The van der Waals surface area contributed by atoms with E-state index in [1.54, 1.807) is 11.1 Å². The minimum Gasteiger partial charge on any atom is -0.491 e. The van der Waals surface area contributed by atoms with Crippen molar-refractivity contribution in [2.45, 2.75) is 233 Å². The van der Waals surface area contributed by atoms with Gasteiger partial charge in [0.05, 0.1) is 24.1 Å². The summed E-state index contributed by atoms with van der Waals surface area (Å²) in [4.78, 5) is 0. The lowest BCUT2D eigenvalue weighted by molar-refractivity contribution is -0.0409. The third-order valence-electron chi connectivity index (χ3n) is 16.9. The molecule has 2 saturated carbocycles. The molecule has 0 bridgehead atoms. The van der Waals surface area contributed by atoms with Gasteiger partial charge < -0.3 is 18.0 Å². The molecule has 0 unspecified atom stereocenters. The fraction of sp³-hybridized carbons (Fsp3) is 0.833. The van der Waals surface area contributed by atoms with Gasteiger partial charge in [0.15, 0.2) is 25.0 Å². The van der Waals surface area contributed by atoms with E-state index >= 15 is 0 Å². The Morgan fingerprint density at radius 3 is 1.87 bits per heavy atom. The summed E-state index contributed by atoms with van der Waals surface area (Å²) < 4.78 is 28.8. The van der Waals surface area contributed by atoms with Crippen molar-refractivity contribution >= 4 is 25.0 Å². The monoisotopic (exact) mass is 813 g/mol. The molecule has 0 aromatic heterocycles. The number of allylic oxidation sites excluding steroid dienone is 4. The number of hydrogen-bond acceptors (Lipinski definition) is 4. The zero-order valence-corrected chi connectivity index (χ0v) is 42.6. The van der Waals surface area contributed by atoms with Crippen LogP contribution in [0.25, 0.3) is 0 Å². The van der Waals surface area contributed by atoms with E-state index < -0.39 is 25.0 Å². The molecule has 0 aromatic carbocycles. The second-order valence-corrected chi connectivity index (χ2v) is 36.5. The standard InChI is InChI=1S/C48H88O4Si3/c1-20-48(21-2,52-55(22-3,23-4)24-5)31-25-33-49-45(12,13)41-29-28-39-38-27-26-36-34-37(50-53(16,17)43(6,7)8)35-42(51-54(18,19)44(9,10)11)47(36,15)40(38)30-32-46(39,41)14/h25-27,29,33,37,39-40,42H,20-24,28,30-32,34-35H2,1-19H3/b33-25+/t37-,39+,40+,42+,46+,47+/m1/s1. The van der Waals surface area contributed by atoms with Gasteiger partial charge in [0, 0.05) is 5.41 Å². The molecule has 4 aliphatic carbocycles. The Balaban J connectivity index is 1.60. The molecule has 0 heterocycles. The molecule has 7 heteroatoms. The highest BCUT2D eigenvalue weighted by molar-refractivity contribution is 6.74. The van der Waals surface area contributed by atoms with E-state index in [2.05, 4.69) is 154 Å². The summed E-state index contributed by atoms with van der Waals surface area (Å²) >= 11 is 0. The van der Waals surface area contributed by atoms with E-state index in [1.165, 1.54) is 36.5 Å². The Hall–Kier alpha value is -0.709. The quantitative estimate of drug-likeness (QED) is 0.0884. The molecule has 0 aromatic rings. The van der Waals surface area contributed by atoms with E-state index in [4.69, 9.17) is 18.0 Å². The van der Waals surface area contributed by atoms with Crippen molar-refractivity contribution in [1.82, 2.24) is 0 Å². The lowest BCUT2D eigenvalue weighted by Gasteiger charge is -2.59. The van der Waals surface area contributed by atoms with Crippen molar-refractivity contribution in [3.05, 3.63) is 47.3 Å². The molecule has 0 spiro atoms. The van der Waals surface area contributed by atoms with Gasteiger partial charge in [-0.2, -0.15) is 0 Å². The molecule has 6 atom stereocenters. The fourth-order valence-corrected chi connectivity index (χ4v) is 16.6. The largest absolute Gasteiger partial charge is 0.491 e. The average molecular weight is 813 g/mol. The van der Waals surface area contributed by atoms with Crippen molar-refractivity contribution < 1.29 is 18.0 Å². The fourth-order valence-electron chi connectivity index (χ4n) is 10.6. The summed E-state index contributed by atoms with van der Waals surface area (Å²) in [5.41, 5.74) is 4.29. The third-order valence-corrected chi connectivity index (χ3v) is 30.7. The molecule has 4 rings (SSSR count). The highest BCUT2D eigenvalue weighted by atomic mass is 28.4. The molecular weight excluding hydrogens is 725 g/mol. The van der Waals surface area contributed by atoms with Gasteiger partial charge in [-0.1, -0.05) is 119 Å². The van der Waals surface area contributed by atoms with Crippen LogP contribution in [-0.4, -0.2) is 48.4 Å². The Kier molecular flexibility index (Phi) is 14.0. The van der Waals surface area contributed by atoms with Gasteiger partial charge in [-0.3, -0.25) is 0 Å². The molecule has 0 saturated heterocycles. The minimum atomic E-state index is -2.06. The number of ether oxygens (including phenoxy) is 1. The van der Waals surface area contributed by atoms with E-state index in [0.717, 1.165) is 38.5 Å². The van der Waals surface area contributed by atoms with Gasteiger partial charge in [-0.25, -0.2) is 0 Å². The van der Waals surface area contributed by atoms with E-state index in [-0.39, 0.29) is 44.3 Å². The number of hydrogen-bond donors (Lipinski definition) is 0. The molecule has 0 radical (unpaired) electrons. The molecular formula is C48H88O4Si3. The summed E-state index contributed by atoms with van der Waals surface area (Å²) in [7, 11) is -5.72. The van der Waals surface area contributed by atoms with E-state index in [0.29, 0.717) is 11.8 Å². The van der Waals surface area contributed by atoms with Gasteiger partial charge in [0.25, 0.3) is 0 Å². The molecule has 0 N–H and O–H groups in total. The van der Waals surface area contributed by atoms with Crippen molar-refractivity contribution in [2.24, 2.45) is 22.7 Å². The van der Waals surface area contributed by atoms with Crippen molar-refractivity contribution in [1.29, 1.82) is 0 Å². The highest BCUT2D eigenvalue weighted by Gasteiger charge is 2.60. The van der Waals surface area contributed by atoms with Gasteiger partial charge in [-0.05, 0) is 149 Å². The molecule has 55 heavy (non-hydrogen) atoms. The third kappa shape index (κ3) is 8.93. The SMILES string of the molecule is CCC(CC)(C/C=C/OC(C)(C)C1=CC[C@H]2C3=CC=C4C[C@@H](O[Si](C)(C)C(C)(C)C)C[C@H](O[Si](C)(C)C(C)(C)C)[C@]4(C)[C@H]3CC[C@]12C)O[Si](CC)(CC)CC. The van der Waals surface area contributed by atoms with Crippen LogP contribution in [0.1, 0.15) is 155 Å². The first kappa shape index (κ1) is 47.0. The first-order valence-electron chi connectivity index (χ1n) is 22.7. The summed E-state index contributed by atoms with van der Waals surface area (Å²) in [5, 5.41) is 0.333. The molecule has 0 amide bonds. The van der Waals surface area contributed by atoms with Crippen LogP contribution in [0.5, 0.6) is 0 Å². The predicted molar refractivity (Wildman–Crippen MR) is 245 cm³/mol.